The highest BCUT2D eigenvalue weighted by Gasteiger charge is 2.20. The first-order valence-electron chi connectivity index (χ1n) is 9.76. The van der Waals surface area contributed by atoms with Gasteiger partial charge in [0.25, 0.3) is 0 Å². The molecule has 0 unspecified atom stereocenters. The van der Waals surface area contributed by atoms with Crippen molar-refractivity contribution in [3.8, 4) is 11.8 Å². The monoisotopic (exact) mass is 409 g/mol. The van der Waals surface area contributed by atoms with Crippen molar-refractivity contribution in [2.45, 2.75) is 20.3 Å². The second-order valence-electron chi connectivity index (χ2n) is 7.04. The van der Waals surface area contributed by atoms with E-state index in [0.717, 1.165) is 23.0 Å². The maximum Gasteiger partial charge on any atom is 0.326 e. The fourth-order valence-electron chi connectivity index (χ4n) is 3.38. The molecule has 0 aliphatic rings. The van der Waals surface area contributed by atoms with E-state index >= 15 is 0 Å². The zero-order chi connectivity index (χ0) is 21.3. The standard InChI is InChI=1S/C21H24FN7O/c1-11-5-6-13(10-26-11)30-21-28-19(25-8-4-7-23)17-16-12(2)14(22)9-15(24-3)18(16)27-20(17)29-21/h5-6,9-10,24H,4,7-8,23H2,1-3H3,(H2,25,27,28,29). The van der Waals surface area contributed by atoms with Crippen molar-refractivity contribution >= 4 is 33.4 Å². The second kappa shape index (κ2) is 8.11. The predicted molar refractivity (Wildman–Crippen MR) is 117 cm³/mol. The second-order valence-corrected chi connectivity index (χ2v) is 7.04. The Kier molecular flexibility index (Phi) is 5.37. The third kappa shape index (κ3) is 3.59. The third-order valence-electron chi connectivity index (χ3n) is 4.94. The van der Waals surface area contributed by atoms with E-state index in [9.17, 15) is 4.39 Å². The molecule has 3 heterocycles. The molecule has 4 aromatic rings. The Hall–Kier alpha value is -3.46. The van der Waals surface area contributed by atoms with Gasteiger partial charge in [0.2, 0.25) is 0 Å². The van der Waals surface area contributed by atoms with Crippen molar-refractivity contribution in [3.05, 3.63) is 41.5 Å². The first-order chi connectivity index (χ1) is 14.5. The Morgan fingerprint density at radius 1 is 1.20 bits per heavy atom. The minimum atomic E-state index is -0.299. The van der Waals surface area contributed by atoms with E-state index < -0.39 is 0 Å². The third-order valence-corrected chi connectivity index (χ3v) is 4.94. The molecule has 0 atom stereocenters. The summed E-state index contributed by atoms with van der Waals surface area (Å²) in [5.74, 6) is 0.791. The summed E-state index contributed by atoms with van der Waals surface area (Å²) in [6.45, 7) is 4.81. The molecule has 0 amide bonds. The normalized spacial score (nSPS) is 11.2. The number of pyridine rings is 1. The van der Waals surface area contributed by atoms with Gasteiger partial charge in [-0.15, -0.1) is 0 Å². The van der Waals surface area contributed by atoms with Crippen LogP contribution in [0, 0.1) is 19.7 Å². The number of hydrogen-bond donors (Lipinski definition) is 4. The Morgan fingerprint density at radius 3 is 2.73 bits per heavy atom. The molecule has 30 heavy (non-hydrogen) atoms. The van der Waals surface area contributed by atoms with Crippen LogP contribution in [-0.2, 0) is 0 Å². The van der Waals surface area contributed by atoms with Crippen LogP contribution < -0.4 is 21.1 Å². The van der Waals surface area contributed by atoms with Crippen molar-refractivity contribution in [2.75, 3.05) is 30.8 Å². The summed E-state index contributed by atoms with van der Waals surface area (Å²) in [6.07, 6.45) is 2.38. The molecule has 8 nitrogen and oxygen atoms in total. The number of H-pyrrole nitrogens is 1. The molecule has 0 radical (unpaired) electrons. The Balaban J connectivity index is 1.90. The van der Waals surface area contributed by atoms with Crippen molar-refractivity contribution in [2.24, 2.45) is 5.73 Å². The summed E-state index contributed by atoms with van der Waals surface area (Å²) in [5.41, 5.74) is 9.00. The van der Waals surface area contributed by atoms with Gasteiger partial charge in [-0.25, -0.2) is 4.39 Å². The maximum atomic E-state index is 14.6. The van der Waals surface area contributed by atoms with Gasteiger partial charge in [-0.05, 0) is 50.6 Å². The van der Waals surface area contributed by atoms with Gasteiger partial charge in [0, 0.05) is 24.7 Å². The highest BCUT2D eigenvalue weighted by molar-refractivity contribution is 6.15. The van der Waals surface area contributed by atoms with Crippen molar-refractivity contribution in [3.63, 3.8) is 0 Å². The Bertz CT molecular complexity index is 1200. The first-order valence-corrected chi connectivity index (χ1v) is 9.76. The van der Waals surface area contributed by atoms with Crippen LogP contribution in [0.3, 0.4) is 0 Å². The summed E-state index contributed by atoms with van der Waals surface area (Å²) >= 11 is 0. The summed E-state index contributed by atoms with van der Waals surface area (Å²) in [7, 11) is 1.75. The Labute approximate surface area is 173 Å². The van der Waals surface area contributed by atoms with Gasteiger partial charge in [0.15, 0.2) is 0 Å². The molecule has 0 fully saturated rings. The first kappa shape index (κ1) is 19.8. The fraction of sp³-hybridized carbons (Fsp3) is 0.286. The predicted octanol–water partition coefficient (Wildman–Crippen LogP) is 3.86. The molecule has 1 aromatic carbocycles. The number of benzene rings is 1. The summed E-state index contributed by atoms with van der Waals surface area (Å²) in [6, 6.07) is 5.29. The number of ether oxygens (including phenoxy) is 1. The van der Waals surface area contributed by atoms with E-state index in [4.69, 9.17) is 10.5 Å². The number of nitrogens with two attached hydrogens (primary N) is 1. The number of rotatable bonds is 7. The SMILES string of the molecule is CNc1cc(F)c(C)c2c1[nH]c1nc(Oc3ccc(C)nc3)nc(NCCCN)c12. The number of hydrogen-bond acceptors (Lipinski definition) is 7. The lowest BCUT2D eigenvalue weighted by molar-refractivity contribution is 0.442. The molecule has 0 aliphatic carbocycles. The number of anilines is 2. The van der Waals surface area contributed by atoms with Gasteiger partial charge >= 0.3 is 6.01 Å². The molecular weight excluding hydrogens is 385 g/mol. The lowest BCUT2D eigenvalue weighted by Crippen LogP contribution is -2.10. The van der Waals surface area contributed by atoms with Crippen molar-refractivity contribution in [1.29, 1.82) is 0 Å². The molecule has 9 heteroatoms. The van der Waals surface area contributed by atoms with E-state index in [0.29, 0.717) is 46.9 Å². The van der Waals surface area contributed by atoms with Crippen LogP contribution in [0.1, 0.15) is 17.7 Å². The van der Waals surface area contributed by atoms with Gasteiger partial charge in [-0.3, -0.25) is 4.98 Å². The maximum absolute atomic E-state index is 14.6. The number of nitrogens with one attached hydrogen (secondary N) is 3. The highest BCUT2D eigenvalue weighted by atomic mass is 19.1. The minimum Gasteiger partial charge on any atom is -0.423 e. The zero-order valence-electron chi connectivity index (χ0n) is 17.1. The minimum absolute atomic E-state index is 0.166. The van der Waals surface area contributed by atoms with Gasteiger partial charge in [-0.2, -0.15) is 9.97 Å². The van der Waals surface area contributed by atoms with Crippen LogP contribution in [0.5, 0.6) is 11.8 Å². The molecule has 156 valence electrons. The van der Waals surface area contributed by atoms with E-state index in [1.165, 1.54) is 6.07 Å². The summed E-state index contributed by atoms with van der Waals surface area (Å²) in [5, 5.41) is 7.77. The molecule has 0 spiro atoms. The molecule has 4 rings (SSSR count). The van der Waals surface area contributed by atoms with Crippen LogP contribution in [0.25, 0.3) is 21.9 Å². The van der Waals surface area contributed by atoms with Crippen LogP contribution in [0.15, 0.2) is 24.4 Å². The summed E-state index contributed by atoms with van der Waals surface area (Å²) in [4.78, 5) is 16.6. The molecule has 0 saturated heterocycles. The molecule has 0 saturated carbocycles. The quantitative estimate of drug-likeness (QED) is 0.343. The van der Waals surface area contributed by atoms with Gasteiger partial charge in [0.1, 0.15) is 23.0 Å². The number of aromatic nitrogens is 4. The van der Waals surface area contributed by atoms with E-state index in [-0.39, 0.29) is 11.8 Å². The topological polar surface area (TPSA) is 114 Å². The zero-order valence-corrected chi connectivity index (χ0v) is 17.1. The molecule has 0 bridgehead atoms. The smallest absolute Gasteiger partial charge is 0.326 e. The van der Waals surface area contributed by atoms with Gasteiger partial charge in [-0.1, -0.05) is 0 Å². The molecule has 5 N–H and O–H groups in total. The van der Waals surface area contributed by atoms with Gasteiger partial charge in [0.05, 0.1) is 22.8 Å². The average molecular weight is 409 g/mol. The lowest BCUT2D eigenvalue weighted by Gasteiger charge is -2.10. The van der Waals surface area contributed by atoms with E-state index in [1.807, 2.05) is 13.0 Å². The van der Waals surface area contributed by atoms with Crippen LogP contribution in [0.2, 0.25) is 0 Å². The van der Waals surface area contributed by atoms with Crippen molar-refractivity contribution < 1.29 is 9.13 Å². The van der Waals surface area contributed by atoms with E-state index in [2.05, 4.69) is 30.6 Å². The highest BCUT2D eigenvalue weighted by Crippen LogP contribution is 2.38. The molecule has 3 aromatic heterocycles. The summed E-state index contributed by atoms with van der Waals surface area (Å²) < 4.78 is 20.4. The van der Waals surface area contributed by atoms with E-state index in [1.54, 1.807) is 26.2 Å². The van der Waals surface area contributed by atoms with Crippen LogP contribution in [-0.4, -0.2) is 40.1 Å². The molecule has 0 aliphatic heterocycles. The number of aryl methyl sites for hydroxylation is 2. The lowest BCUT2D eigenvalue weighted by atomic mass is 10.1. The number of nitrogens with zero attached hydrogens (tertiary/aromatic N) is 3. The van der Waals surface area contributed by atoms with Crippen molar-refractivity contribution in [1.82, 2.24) is 19.9 Å². The number of fused-ring (bicyclic) bond motifs is 3. The van der Waals surface area contributed by atoms with Crippen LogP contribution in [0.4, 0.5) is 15.9 Å². The van der Waals surface area contributed by atoms with Gasteiger partial charge < -0.3 is 26.1 Å². The van der Waals surface area contributed by atoms with Crippen LogP contribution >= 0.6 is 0 Å². The molecular formula is C21H24FN7O. The average Bonchev–Trinajstić information content (AvgIpc) is 3.12. The fourth-order valence-corrected chi connectivity index (χ4v) is 3.38. The number of halogens is 1. The number of aromatic amines is 1. The Morgan fingerprint density at radius 2 is 2.03 bits per heavy atom. The largest absolute Gasteiger partial charge is 0.423 e.